The lowest BCUT2D eigenvalue weighted by Crippen LogP contribution is -2.21. The maximum absolute atomic E-state index is 11.1. The molecule has 5 nitrogen and oxygen atoms in total. The fraction of sp³-hybridized carbons (Fsp3) is 0.500. The van der Waals surface area contributed by atoms with Gasteiger partial charge in [-0.15, -0.1) is 0 Å². The third kappa shape index (κ3) is 4.70. The van der Waals surface area contributed by atoms with Crippen LogP contribution in [0.5, 0.6) is 5.75 Å². The summed E-state index contributed by atoms with van der Waals surface area (Å²) in [5.74, 6) is 0.845. The van der Waals surface area contributed by atoms with Gasteiger partial charge in [0.1, 0.15) is 5.75 Å². The van der Waals surface area contributed by atoms with Gasteiger partial charge >= 0.3 is 5.97 Å². The molecule has 2 N–H and O–H groups in total. The maximum Gasteiger partial charge on any atom is 0.306 e. The first-order chi connectivity index (χ1) is 9.63. The van der Waals surface area contributed by atoms with Crippen LogP contribution in [0.15, 0.2) is 24.3 Å². The third-order valence-electron chi connectivity index (χ3n) is 2.81. The molecule has 0 fully saturated rings. The number of para-hydroxylation sites is 1. The van der Waals surface area contributed by atoms with Gasteiger partial charge in [-0.05, 0) is 6.07 Å². The number of hydrogen-bond donors (Lipinski definition) is 2. The molecular weight excluding hydrogens is 280 g/mol. The average molecular weight is 300 g/mol. The Bertz CT molecular complexity index is 424. The van der Waals surface area contributed by atoms with Crippen LogP contribution in [0.4, 0.5) is 0 Å². The highest BCUT2D eigenvalue weighted by molar-refractivity contribution is 7.99. The quantitative estimate of drug-likeness (QED) is 0.707. The van der Waals surface area contributed by atoms with E-state index in [9.17, 15) is 15.0 Å². The Labute approximate surface area is 122 Å². The number of aliphatic hydroxyl groups is 2. The molecule has 2 unspecified atom stereocenters. The number of carbonyl (C=O) groups is 1. The van der Waals surface area contributed by atoms with Gasteiger partial charge in [0.05, 0.1) is 38.6 Å². The molecule has 0 bridgehead atoms. The number of carbonyl (C=O) groups excluding carboxylic acids is 1. The minimum Gasteiger partial charge on any atom is -0.496 e. The Hall–Kier alpha value is -1.24. The molecule has 1 aromatic rings. The minimum atomic E-state index is -0.922. The van der Waals surface area contributed by atoms with Crippen molar-refractivity contribution in [2.45, 2.75) is 17.8 Å². The van der Waals surface area contributed by atoms with Crippen molar-refractivity contribution in [1.29, 1.82) is 0 Å². The summed E-state index contributed by atoms with van der Waals surface area (Å²) in [5, 5.41) is 18.8. The van der Waals surface area contributed by atoms with E-state index in [2.05, 4.69) is 4.74 Å². The lowest BCUT2D eigenvalue weighted by atomic mass is 10.1. The molecule has 0 radical (unpaired) electrons. The third-order valence-corrected chi connectivity index (χ3v) is 4.18. The summed E-state index contributed by atoms with van der Waals surface area (Å²) >= 11 is 1.39. The van der Waals surface area contributed by atoms with Gasteiger partial charge in [-0.25, -0.2) is 0 Å². The Kier molecular flexibility index (Phi) is 7.43. The number of aliphatic hydroxyl groups excluding tert-OH is 2. The smallest absolute Gasteiger partial charge is 0.306 e. The second kappa shape index (κ2) is 8.84. The standard InChI is InChI=1S/C14H20O5S/c1-18-12-6-4-3-5-10(12)14(11(16)9-15)20-8-7-13(17)19-2/h3-6,11,14-16H,7-9H2,1-2H3. The van der Waals surface area contributed by atoms with Crippen molar-refractivity contribution in [3.05, 3.63) is 29.8 Å². The first-order valence-corrected chi connectivity index (χ1v) is 7.29. The number of esters is 1. The zero-order valence-corrected chi connectivity index (χ0v) is 12.4. The lowest BCUT2D eigenvalue weighted by Gasteiger charge is -2.23. The maximum atomic E-state index is 11.1. The largest absolute Gasteiger partial charge is 0.496 e. The number of rotatable bonds is 8. The molecule has 6 heteroatoms. The molecular formula is C14H20O5S. The van der Waals surface area contributed by atoms with Gasteiger partial charge in [-0.3, -0.25) is 4.79 Å². The van der Waals surface area contributed by atoms with Crippen LogP contribution in [-0.4, -0.2) is 48.9 Å². The molecule has 0 aromatic heterocycles. The number of benzene rings is 1. The molecule has 2 atom stereocenters. The normalized spacial score (nSPS) is 13.6. The Morgan fingerprint density at radius 2 is 2.05 bits per heavy atom. The zero-order valence-electron chi connectivity index (χ0n) is 11.6. The van der Waals surface area contributed by atoms with Crippen molar-refractivity contribution in [3.8, 4) is 5.75 Å². The van der Waals surface area contributed by atoms with Crippen LogP contribution < -0.4 is 4.74 Å². The van der Waals surface area contributed by atoms with Crippen LogP contribution in [0.25, 0.3) is 0 Å². The van der Waals surface area contributed by atoms with Gasteiger partial charge in [0.2, 0.25) is 0 Å². The predicted octanol–water partition coefficient (Wildman–Crippen LogP) is 1.39. The molecule has 0 amide bonds. The summed E-state index contributed by atoms with van der Waals surface area (Å²) in [7, 11) is 2.90. The molecule has 1 rings (SSSR count). The highest BCUT2D eigenvalue weighted by Gasteiger charge is 2.24. The highest BCUT2D eigenvalue weighted by atomic mass is 32.2. The molecule has 0 aliphatic rings. The van der Waals surface area contributed by atoms with Crippen molar-refractivity contribution in [2.75, 3.05) is 26.6 Å². The average Bonchev–Trinajstić information content (AvgIpc) is 2.50. The Morgan fingerprint density at radius 1 is 1.35 bits per heavy atom. The van der Waals surface area contributed by atoms with Crippen LogP contribution in [0.3, 0.4) is 0 Å². The Balaban J connectivity index is 2.81. The van der Waals surface area contributed by atoms with Crippen molar-refractivity contribution < 1.29 is 24.5 Å². The number of ether oxygens (including phenoxy) is 2. The van der Waals surface area contributed by atoms with Crippen LogP contribution in [0.1, 0.15) is 17.2 Å². The van der Waals surface area contributed by atoms with Gasteiger partial charge in [-0.1, -0.05) is 18.2 Å². The van der Waals surface area contributed by atoms with Crippen LogP contribution in [-0.2, 0) is 9.53 Å². The van der Waals surface area contributed by atoms with E-state index in [4.69, 9.17) is 4.74 Å². The van der Waals surface area contributed by atoms with Crippen LogP contribution in [0, 0.1) is 0 Å². The molecule has 1 aromatic carbocycles. The predicted molar refractivity (Wildman–Crippen MR) is 77.9 cm³/mol. The molecule has 0 spiro atoms. The Morgan fingerprint density at radius 3 is 2.65 bits per heavy atom. The van der Waals surface area contributed by atoms with E-state index in [0.717, 1.165) is 5.56 Å². The van der Waals surface area contributed by atoms with E-state index in [0.29, 0.717) is 11.5 Å². The van der Waals surface area contributed by atoms with E-state index in [-0.39, 0.29) is 24.2 Å². The van der Waals surface area contributed by atoms with Gasteiger partial charge in [0, 0.05) is 11.3 Å². The summed E-state index contributed by atoms with van der Waals surface area (Å²) < 4.78 is 9.85. The van der Waals surface area contributed by atoms with E-state index in [1.165, 1.54) is 18.9 Å². The first-order valence-electron chi connectivity index (χ1n) is 6.24. The molecule has 0 aliphatic heterocycles. The summed E-state index contributed by atoms with van der Waals surface area (Å²) in [6, 6.07) is 7.32. The molecule has 0 saturated carbocycles. The van der Waals surface area contributed by atoms with Gasteiger partial charge in [-0.2, -0.15) is 11.8 Å². The summed E-state index contributed by atoms with van der Waals surface area (Å²) in [4.78, 5) is 11.1. The molecule has 0 saturated heterocycles. The topological polar surface area (TPSA) is 76.0 Å². The molecule has 0 aliphatic carbocycles. The van der Waals surface area contributed by atoms with E-state index >= 15 is 0 Å². The van der Waals surface area contributed by atoms with Crippen LogP contribution in [0.2, 0.25) is 0 Å². The molecule has 20 heavy (non-hydrogen) atoms. The van der Waals surface area contributed by atoms with E-state index in [1.807, 2.05) is 18.2 Å². The first kappa shape index (κ1) is 16.8. The monoisotopic (exact) mass is 300 g/mol. The second-order valence-corrected chi connectivity index (χ2v) is 5.36. The lowest BCUT2D eigenvalue weighted by molar-refractivity contribution is -0.140. The van der Waals surface area contributed by atoms with Gasteiger partial charge in [0.25, 0.3) is 0 Å². The van der Waals surface area contributed by atoms with Gasteiger partial charge < -0.3 is 19.7 Å². The number of thioether (sulfide) groups is 1. The SMILES string of the molecule is COC(=O)CCSC(c1ccccc1OC)C(O)CO. The summed E-state index contributed by atoms with van der Waals surface area (Å²) in [5.41, 5.74) is 0.798. The van der Waals surface area contributed by atoms with Crippen molar-refractivity contribution >= 4 is 17.7 Å². The zero-order chi connectivity index (χ0) is 15.0. The van der Waals surface area contributed by atoms with E-state index < -0.39 is 6.10 Å². The number of methoxy groups -OCH3 is 2. The minimum absolute atomic E-state index is 0.255. The van der Waals surface area contributed by atoms with Crippen molar-refractivity contribution in [2.24, 2.45) is 0 Å². The molecule has 112 valence electrons. The highest BCUT2D eigenvalue weighted by Crippen LogP contribution is 2.37. The van der Waals surface area contributed by atoms with Crippen LogP contribution >= 0.6 is 11.8 Å². The molecule has 0 heterocycles. The number of hydrogen-bond acceptors (Lipinski definition) is 6. The summed E-state index contributed by atoms with van der Waals surface area (Å²) in [6.45, 7) is -0.353. The second-order valence-electron chi connectivity index (χ2n) is 4.11. The fourth-order valence-corrected chi connectivity index (χ4v) is 3.00. The summed E-state index contributed by atoms with van der Waals surface area (Å²) in [6.07, 6.45) is -0.667. The van der Waals surface area contributed by atoms with Gasteiger partial charge in [0.15, 0.2) is 0 Å². The fourth-order valence-electron chi connectivity index (χ4n) is 1.78. The van der Waals surface area contributed by atoms with Crippen molar-refractivity contribution in [3.63, 3.8) is 0 Å². The van der Waals surface area contributed by atoms with Crippen molar-refractivity contribution in [1.82, 2.24) is 0 Å². The van der Waals surface area contributed by atoms with E-state index in [1.54, 1.807) is 13.2 Å².